The van der Waals surface area contributed by atoms with E-state index < -0.39 is 16.6 Å². The lowest BCUT2D eigenvalue weighted by molar-refractivity contribution is -0.385. The van der Waals surface area contributed by atoms with E-state index in [2.05, 4.69) is 10.5 Å². The van der Waals surface area contributed by atoms with E-state index in [1.54, 1.807) is 0 Å². The molecular weight excluding hydrogens is 326 g/mol. The summed E-state index contributed by atoms with van der Waals surface area (Å²) in [5, 5.41) is 35.6. The van der Waals surface area contributed by atoms with Gasteiger partial charge in [0.15, 0.2) is 0 Å². The van der Waals surface area contributed by atoms with Crippen LogP contribution in [0.2, 0.25) is 5.02 Å². The van der Waals surface area contributed by atoms with Gasteiger partial charge >= 0.3 is 0 Å². The Balaban J connectivity index is 2.15. The van der Waals surface area contributed by atoms with Crippen LogP contribution in [0.3, 0.4) is 0 Å². The van der Waals surface area contributed by atoms with Crippen LogP contribution < -0.4 is 10.5 Å². The molecular formula is C14H9ClN3O5-. The number of nitro benzene ring substituents is 1. The third kappa shape index (κ3) is 3.95. The fourth-order valence-electron chi connectivity index (χ4n) is 1.66. The average molecular weight is 335 g/mol. The molecule has 8 nitrogen and oxygen atoms in total. The number of carbonyl (C=O) groups excluding carboxylic acids is 1. The van der Waals surface area contributed by atoms with Crippen LogP contribution in [0.25, 0.3) is 0 Å². The molecule has 0 saturated heterocycles. The summed E-state index contributed by atoms with van der Waals surface area (Å²) >= 11 is 5.72. The van der Waals surface area contributed by atoms with Crippen molar-refractivity contribution < 1.29 is 19.9 Å². The van der Waals surface area contributed by atoms with Gasteiger partial charge in [0.2, 0.25) is 0 Å². The van der Waals surface area contributed by atoms with E-state index in [0.29, 0.717) is 0 Å². The summed E-state index contributed by atoms with van der Waals surface area (Å²) in [4.78, 5) is 21.8. The average Bonchev–Trinajstić information content (AvgIpc) is 2.51. The van der Waals surface area contributed by atoms with Gasteiger partial charge in [0.05, 0.1) is 16.7 Å². The minimum absolute atomic E-state index is 0.0604. The van der Waals surface area contributed by atoms with Crippen molar-refractivity contribution in [3.8, 4) is 11.5 Å². The van der Waals surface area contributed by atoms with Crippen molar-refractivity contribution in [3.05, 3.63) is 62.7 Å². The minimum atomic E-state index is -0.751. The molecule has 118 valence electrons. The number of nitro groups is 1. The third-order valence-corrected chi connectivity index (χ3v) is 3.01. The fourth-order valence-corrected chi connectivity index (χ4v) is 1.83. The zero-order valence-electron chi connectivity index (χ0n) is 11.4. The number of non-ortho nitro benzene ring substituents is 1. The Hall–Kier alpha value is -3.13. The van der Waals surface area contributed by atoms with Crippen LogP contribution in [-0.4, -0.2) is 22.2 Å². The highest BCUT2D eigenvalue weighted by molar-refractivity contribution is 6.31. The Morgan fingerprint density at radius 2 is 2.04 bits per heavy atom. The first-order chi connectivity index (χ1) is 10.9. The highest BCUT2D eigenvalue weighted by atomic mass is 35.5. The monoisotopic (exact) mass is 334 g/mol. The fraction of sp³-hybridized carbons (Fsp3) is 0. The molecule has 2 aromatic carbocycles. The molecule has 0 fully saturated rings. The maximum Gasteiger partial charge on any atom is 0.275 e. The van der Waals surface area contributed by atoms with Crippen molar-refractivity contribution in [2.75, 3.05) is 0 Å². The predicted octanol–water partition coefficient (Wildman–Crippen LogP) is 1.79. The lowest BCUT2D eigenvalue weighted by atomic mass is 10.2. The number of amides is 1. The van der Waals surface area contributed by atoms with Gasteiger partial charge in [-0.3, -0.25) is 14.9 Å². The second-order valence-corrected chi connectivity index (χ2v) is 4.78. The van der Waals surface area contributed by atoms with E-state index in [1.165, 1.54) is 18.2 Å². The van der Waals surface area contributed by atoms with Crippen molar-refractivity contribution >= 4 is 29.4 Å². The van der Waals surface area contributed by atoms with Gasteiger partial charge in [0.25, 0.3) is 11.6 Å². The number of benzene rings is 2. The van der Waals surface area contributed by atoms with Gasteiger partial charge < -0.3 is 10.2 Å². The Morgan fingerprint density at radius 1 is 1.30 bits per heavy atom. The van der Waals surface area contributed by atoms with Gasteiger partial charge in [0, 0.05) is 17.2 Å². The molecule has 9 heteroatoms. The number of phenols is 1. The molecule has 1 amide bonds. The minimum Gasteiger partial charge on any atom is -0.872 e. The van der Waals surface area contributed by atoms with E-state index >= 15 is 0 Å². The standard InChI is InChI=1S/C14H10ClN3O5/c15-9-1-3-13(20)11(6-9)14(21)17-16-7-8-5-10(18(22)23)2-4-12(8)19/h1-7,19-20H,(H,17,21)/p-1/b16-7+. The molecule has 2 N–H and O–H groups in total. The lowest BCUT2D eigenvalue weighted by Crippen LogP contribution is -2.17. The second kappa shape index (κ2) is 6.75. The summed E-state index contributed by atoms with van der Waals surface area (Å²) in [5.41, 5.74) is 1.66. The third-order valence-electron chi connectivity index (χ3n) is 2.78. The Morgan fingerprint density at radius 3 is 2.74 bits per heavy atom. The summed E-state index contributed by atoms with van der Waals surface area (Å²) in [6, 6.07) is 7.04. The van der Waals surface area contributed by atoms with Gasteiger partial charge in [-0.2, -0.15) is 5.10 Å². The van der Waals surface area contributed by atoms with Gasteiger partial charge in [-0.15, -0.1) is 0 Å². The largest absolute Gasteiger partial charge is 0.872 e. The normalized spacial score (nSPS) is 10.7. The van der Waals surface area contributed by atoms with Crippen molar-refractivity contribution in [2.45, 2.75) is 0 Å². The molecule has 0 spiro atoms. The number of phenolic OH excluding ortho intramolecular Hbond substituents is 1. The number of rotatable bonds is 4. The summed E-state index contributed by atoms with van der Waals surface area (Å²) < 4.78 is 0. The van der Waals surface area contributed by atoms with Crippen molar-refractivity contribution in [3.63, 3.8) is 0 Å². The van der Waals surface area contributed by atoms with Crippen molar-refractivity contribution in [1.29, 1.82) is 0 Å². The molecule has 0 atom stereocenters. The first-order valence-electron chi connectivity index (χ1n) is 6.16. The van der Waals surface area contributed by atoms with Crippen LogP contribution in [0, 0.1) is 10.1 Å². The van der Waals surface area contributed by atoms with Crippen LogP contribution in [-0.2, 0) is 0 Å². The molecule has 2 rings (SSSR count). The maximum atomic E-state index is 11.8. The molecule has 0 heterocycles. The predicted molar refractivity (Wildman–Crippen MR) is 80.7 cm³/mol. The summed E-state index contributed by atoms with van der Waals surface area (Å²) in [5.74, 6) is -1.53. The van der Waals surface area contributed by atoms with Gasteiger partial charge in [-0.05, 0) is 23.8 Å². The molecule has 0 radical (unpaired) electrons. The molecule has 23 heavy (non-hydrogen) atoms. The van der Waals surface area contributed by atoms with E-state index in [9.17, 15) is 25.1 Å². The number of nitrogens with zero attached hydrogens (tertiary/aromatic N) is 2. The first-order valence-corrected chi connectivity index (χ1v) is 6.53. The van der Waals surface area contributed by atoms with E-state index in [-0.39, 0.29) is 27.6 Å². The number of hydrogen-bond donors (Lipinski definition) is 2. The number of aromatic hydroxyl groups is 1. The topological polar surface area (TPSA) is 128 Å². The van der Waals surface area contributed by atoms with Crippen LogP contribution in [0.4, 0.5) is 5.69 Å². The van der Waals surface area contributed by atoms with Crippen LogP contribution >= 0.6 is 11.6 Å². The number of halogens is 1. The molecule has 0 aliphatic carbocycles. The summed E-state index contributed by atoms with van der Waals surface area (Å²) in [6.07, 6.45) is 0.981. The maximum absolute atomic E-state index is 11.8. The Labute approximate surface area is 134 Å². The summed E-state index contributed by atoms with van der Waals surface area (Å²) in [7, 11) is 0. The van der Waals surface area contributed by atoms with Crippen LogP contribution in [0.1, 0.15) is 15.9 Å². The van der Waals surface area contributed by atoms with E-state index in [4.69, 9.17) is 11.6 Å². The van der Waals surface area contributed by atoms with Crippen LogP contribution in [0.5, 0.6) is 11.5 Å². The van der Waals surface area contributed by atoms with Crippen molar-refractivity contribution in [2.24, 2.45) is 5.10 Å². The highest BCUT2D eigenvalue weighted by Crippen LogP contribution is 2.21. The summed E-state index contributed by atoms with van der Waals surface area (Å²) in [6.45, 7) is 0. The number of carbonyl (C=O) groups is 1. The second-order valence-electron chi connectivity index (χ2n) is 4.34. The first kappa shape index (κ1) is 16.2. The van der Waals surface area contributed by atoms with E-state index in [0.717, 1.165) is 24.4 Å². The zero-order chi connectivity index (χ0) is 17.0. The van der Waals surface area contributed by atoms with Gasteiger partial charge in [-0.25, -0.2) is 5.43 Å². The highest BCUT2D eigenvalue weighted by Gasteiger charge is 2.11. The molecule has 0 aliphatic rings. The molecule has 0 bridgehead atoms. The molecule has 0 unspecified atom stereocenters. The van der Waals surface area contributed by atoms with E-state index in [1.807, 2.05) is 0 Å². The number of hydrogen-bond acceptors (Lipinski definition) is 6. The number of nitrogens with one attached hydrogen (secondary N) is 1. The molecule has 0 saturated carbocycles. The number of hydrazone groups is 1. The SMILES string of the molecule is O=C(N/N=C/c1cc([N+](=O)[O-])ccc1[O-])c1cc(Cl)ccc1O. The molecule has 0 aromatic heterocycles. The van der Waals surface area contributed by atoms with Crippen molar-refractivity contribution in [1.82, 2.24) is 5.43 Å². The zero-order valence-corrected chi connectivity index (χ0v) is 12.1. The smallest absolute Gasteiger partial charge is 0.275 e. The molecule has 0 aliphatic heterocycles. The molecule has 2 aromatic rings. The Bertz CT molecular complexity index is 807. The van der Waals surface area contributed by atoms with Gasteiger partial charge in [0.1, 0.15) is 5.75 Å². The lowest BCUT2D eigenvalue weighted by Gasteiger charge is -2.08. The Kier molecular flexibility index (Phi) is 4.77. The quantitative estimate of drug-likeness (QED) is 0.500. The van der Waals surface area contributed by atoms with Crippen LogP contribution in [0.15, 0.2) is 41.5 Å². The van der Waals surface area contributed by atoms with Gasteiger partial charge in [-0.1, -0.05) is 23.4 Å².